The lowest BCUT2D eigenvalue weighted by Crippen LogP contribution is -2.49. The van der Waals surface area contributed by atoms with Crippen LogP contribution in [0.15, 0.2) is 42.5 Å². The molecule has 12 heteroatoms. The van der Waals surface area contributed by atoms with Gasteiger partial charge in [-0.3, -0.25) is 14.4 Å². The molecular formula is C37H65N2O10+. The molecule has 0 spiro atoms. The van der Waals surface area contributed by atoms with Gasteiger partial charge in [0.2, 0.25) is 5.84 Å². The molecule has 49 heavy (non-hydrogen) atoms. The highest BCUT2D eigenvalue weighted by Gasteiger charge is 2.35. The summed E-state index contributed by atoms with van der Waals surface area (Å²) in [4.78, 5) is 20.9. The SMILES string of the molecule is CCCCCCCC/C=C\CCCCCCCC1=[N+](CC(O)c2ccccc2)CCN1CCO.COOC(=O)C(O)C(O)C(O)C(O)CO. The Hall–Kier alpha value is -2.42. The fourth-order valence-corrected chi connectivity index (χ4v) is 5.71. The molecule has 2 rings (SSSR count). The summed E-state index contributed by atoms with van der Waals surface area (Å²) in [5, 5.41) is 64.8. The minimum Gasteiger partial charge on any atom is -0.394 e. The predicted octanol–water partition coefficient (Wildman–Crippen LogP) is 3.00. The second-order valence-electron chi connectivity index (χ2n) is 12.6. The zero-order valence-electron chi connectivity index (χ0n) is 29.8. The largest absolute Gasteiger partial charge is 0.394 e. The molecule has 0 amide bonds. The summed E-state index contributed by atoms with van der Waals surface area (Å²) in [5.74, 6) is -0.0177. The minimum absolute atomic E-state index is 0.185. The molecule has 0 bridgehead atoms. The van der Waals surface area contributed by atoms with Crippen LogP contribution >= 0.6 is 0 Å². The number of hydrogen-bond donors (Lipinski definition) is 7. The lowest BCUT2D eigenvalue weighted by molar-refractivity contribution is -0.529. The Morgan fingerprint density at radius 1 is 0.857 bits per heavy atom. The molecule has 0 aromatic heterocycles. The summed E-state index contributed by atoms with van der Waals surface area (Å²) in [6.45, 7) is 4.84. The maximum atomic E-state index is 10.8. The number of carbonyl (C=O) groups is 1. The van der Waals surface area contributed by atoms with Crippen molar-refractivity contribution in [3.8, 4) is 0 Å². The second-order valence-corrected chi connectivity index (χ2v) is 12.6. The first kappa shape index (κ1) is 44.6. The summed E-state index contributed by atoms with van der Waals surface area (Å²) in [7, 11) is 1.01. The molecule has 0 saturated carbocycles. The zero-order chi connectivity index (χ0) is 36.3. The van der Waals surface area contributed by atoms with Gasteiger partial charge in [0.25, 0.3) is 0 Å². The third-order valence-electron chi connectivity index (χ3n) is 8.64. The van der Waals surface area contributed by atoms with Crippen LogP contribution in [0.3, 0.4) is 0 Å². The third kappa shape index (κ3) is 19.0. The highest BCUT2D eigenvalue weighted by molar-refractivity contribution is 5.78. The van der Waals surface area contributed by atoms with Crippen LogP contribution in [0, 0.1) is 0 Å². The van der Waals surface area contributed by atoms with Crippen molar-refractivity contribution in [1.82, 2.24) is 4.90 Å². The van der Waals surface area contributed by atoms with Crippen molar-refractivity contribution in [3.63, 3.8) is 0 Å². The third-order valence-corrected chi connectivity index (χ3v) is 8.64. The molecule has 0 saturated heterocycles. The van der Waals surface area contributed by atoms with Crippen molar-refractivity contribution in [3.05, 3.63) is 48.0 Å². The van der Waals surface area contributed by atoms with Crippen molar-refractivity contribution < 1.29 is 54.9 Å². The van der Waals surface area contributed by atoms with Gasteiger partial charge in [-0.2, -0.15) is 4.89 Å². The summed E-state index contributed by atoms with van der Waals surface area (Å²) < 4.78 is 2.34. The number of benzene rings is 1. The van der Waals surface area contributed by atoms with Crippen LogP contribution in [0.5, 0.6) is 0 Å². The average molecular weight is 698 g/mol. The van der Waals surface area contributed by atoms with Gasteiger partial charge < -0.3 is 35.7 Å². The smallest absolute Gasteiger partial charge is 0.373 e. The Balaban J connectivity index is 0.000000673. The Morgan fingerprint density at radius 3 is 2.02 bits per heavy atom. The summed E-state index contributed by atoms with van der Waals surface area (Å²) in [5.41, 5.74) is 0.975. The van der Waals surface area contributed by atoms with E-state index < -0.39 is 43.1 Å². The number of rotatable bonds is 26. The second kappa shape index (κ2) is 28.3. The fraction of sp³-hybridized carbons (Fsp3) is 0.730. The quantitative estimate of drug-likeness (QED) is 0.0248. The first-order valence-corrected chi connectivity index (χ1v) is 18.1. The van der Waals surface area contributed by atoms with Gasteiger partial charge in [0.15, 0.2) is 6.10 Å². The molecule has 1 aromatic rings. The molecule has 1 aromatic carbocycles. The summed E-state index contributed by atoms with van der Waals surface area (Å²) >= 11 is 0. The van der Waals surface area contributed by atoms with Crippen LogP contribution in [0.1, 0.15) is 108 Å². The minimum atomic E-state index is -2.08. The standard InChI is InChI=1S/C30H51N2O2.C7H14O8/c1-2-3-4-5-6-7-8-9-10-11-12-13-14-15-19-22-30-31(25-26-33)23-24-32(30)27-29(34)28-20-17-16-18-21-28;1-14-15-7(13)6(12)5(11)4(10)3(9)2-8/h9-10,16-18,20-21,29,33-34H,2-8,11-15,19,22-27H2,1H3;3-6,8-12H,2H2,1H3/q+1;/b10-9-;. The van der Waals surface area contributed by atoms with E-state index in [0.29, 0.717) is 13.1 Å². The van der Waals surface area contributed by atoms with Gasteiger partial charge in [-0.15, -0.1) is 0 Å². The number of carbonyl (C=O) groups excluding carboxylic acids is 1. The number of aliphatic hydroxyl groups is 7. The summed E-state index contributed by atoms with van der Waals surface area (Å²) in [6, 6.07) is 9.94. The molecule has 1 aliphatic rings. The molecule has 5 atom stereocenters. The van der Waals surface area contributed by atoms with Crippen LogP contribution < -0.4 is 0 Å². The highest BCUT2D eigenvalue weighted by Crippen LogP contribution is 2.17. The van der Waals surface area contributed by atoms with Gasteiger partial charge in [-0.05, 0) is 37.7 Å². The molecule has 0 radical (unpaired) electrons. The lowest BCUT2D eigenvalue weighted by Gasteiger charge is -2.23. The van der Waals surface area contributed by atoms with E-state index in [4.69, 9.17) is 25.5 Å². The van der Waals surface area contributed by atoms with E-state index in [9.17, 15) is 15.0 Å². The molecule has 0 fully saturated rings. The van der Waals surface area contributed by atoms with Crippen molar-refractivity contribution in [2.24, 2.45) is 0 Å². The maximum Gasteiger partial charge on any atom is 0.373 e. The van der Waals surface area contributed by atoms with Crippen molar-refractivity contribution in [1.29, 1.82) is 0 Å². The van der Waals surface area contributed by atoms with Crippen LogP contribution in [0.25, 0.3) is 0 Å². The Kier molecular flexibility index (Phi) is 25.8. The number of unbranched alkanes of at least 4 members (excludes halogenated alkanes) is 11. The molecule has 0 aliphatic carbocycles. The van der Waals surface area contributed by atoms with Crippen molar-refractivity contribution in [2.45, 2.75) is 127 Å². The van der Waals surface area contributed by atoms with Gasteiger partial charge >= 0.3 is 5.97 Å². The maximum absolute atomic E-state index is 10.8. The molecule has 1 aliphatic heterocycles. The monoisotopic (exact) mass is 697 g/mol. The van der Waals surface area contributed by atoms with Gasteiger partial charge in [-0.1, -0.05) is 101 Å². The Morgan fingerprint density at radius 2 is 1.45 bits per heavy atom. The topological polar surface area (TPSA) is 183 Å². The lowest BCUT2D eigenvalue weighted by atomic mass is 10.0. The van der Waals surface area contributed by atoms with Gasteiger partial charge in [0.1, 0.15) is 50.6 Å². The van der Waals surface area contributed by atoms with E-state index in [2.05, 4.69) is 38.3 Å². The number of allylic oxidation sites excluding steroid dienone is 2. The molecule has 1 heterocycles. The van der Waals surface area contributed by atoms with E-state index in [0.717, 1.165) is 32.2 Å². The van der Waals surface area contributed by atoms with E-state index in [1.165, 1.54) is 89.3 Å². The van der Waals surface area contributed by atoms with E-state index in [1.54, 1.807) is 0 Å². The summed E-state index contributed by atoms with van der Waals surface area (Å²) in [6.07, 6.45) is 14.8. The van der Waals surface area contributed by atoms with E-state index >= 15 is 0 Å². The predicted molar refractivity (Wildman–Crippen MR) is 189 cm³/mol. The van der Waals surface area contributed by atoms with Gasteiger partial charge in [-0.25, -0.2) is 4.79 Å². The van der Waals surface area contributed by atoms with Crippen molar-refractivity contribution in [2.75, 3.05) is 46.5 Å². The zero-order valence-corrected chi connectivity index (χ0v) is 29.8. The number of aliphatic hydroxyl groups excluding tert-OH is 7. The molecule has 7 N–H and O–H groups in total. The van der Waals surface area contributed by atoms with Crippen LogP contribution in [0.2, 0.25) is 0 Å². The van der Waals surface area contributed by atoms with E-state index in [1.807, 2.05) is 30.3 Å². The number of β-amino-alcohol motifs (C(OH)–C–C–N with tert-alkyl or cyclic N) is 2. The first-order valence-electron chi connectivity index (χ1n) is 18.1. The van der Waals surface area contributed by atoms with Crippen LogP contribution in [-0.2, 0) is 14.6 Å². The van der Waals surface area contributed by atoms with Gasteiger partial charge in [0.05, 0.1) is 20.3 Å². The van der Waals surface area contributed by atoms with Gasteiger partial charge in [0, 0.05) is 6.42 Å². The number of amidine groups is 1. The number of hydrogen-bond acceptors (Lipinski definition) is 11. The molecular weight excluding hydrogens is 632 g/mol. The van der Waals surface area contributed by atoms with Crippen LogP contribution in [-0.4, -0.2) is 128 Å². The first-order chi connectivity index (χ1) is 23.7. The normalized spacial score (nSPS) is 16.3. The Bertz CT molecular complexity index is 1030. The van der Waals surface area contributed by atoms with Crippen LogP contribution in [0.4, 0.5) is 0 Å². The molecule has 5 unspecified atom stereocenters. The van der Waals surface area contributed by atoms with Crippen molar-refractivity contribution >= 4 is 11.8 Å². The molecule has 282 valence electrons. The fourth-order valence-electron chi connectivity index (χ4n) is 5.71. The Labute approximate surface area is 293 Å². The highest BCUT2D eigenvalue weighted by atomic mass is 17.2. The number of nitrogens with zero attached hydrogens (tertiary/aromatic N) is 2. The van der Waals surface area contributed by atoms with E-state index in [-0.39, 0.29) is 6.61 Å². The molecule has 12 nitrogen and oxygen atoms in total. The average Bonchev–Trinajstić information content (AvgIpc) is 3.49.